The fourth-order valence-electron chi connectivity index (χ4n) is 1.79. The predicted molar refractivity (Wildman–Crippen MR) is 94.3 cm³/mol. The second-order valence-corrected chi connectivity index (χ2v) is 7.54. The molecule has 0 aliphatic carbocycles. The van der Waals surface area contributed by atoms with E-state index in [4.69, 9.17) is 16.3 Å². The minimum atomic E-state index is -0.469. The van der Waals surface area contributed by atoms with Crippen LogP contribution in [0.5, 0.6) is 0 Å². The molecule has 0 radical (unpaired) electrons. The summed E-state index contributed by atoms with van der Waals surface area (Å²) in [6.45, 7) is 9.06. The highest BCUT2D eigenvalue weighted by Gasteiger charge is 2.17. The van der Waals surface area contributed by atoms with E-state index in [2.05, 4.69) is 26.6 Å². The molecule has 6 heteroatoms. The molecule has 1 atom stereocenters. The van der Waals surface area contributed by atoms with Gasteiger partial charge in [-0.15, -0.1) is 0 Å². The van der Waals surface area contributed by atoms with Gasteiger partial charge in [-0.1, -0.05) is 33.6 Å². The molecule has 22 heavy (non-hydrogen) atoms. The van der Waals surface area contributed by atoms with Gasteiger partial charge in [0.1, 0.15) is 5.60 Å². The molecule has 0 fully saturated rings. The van der Waals surface area contributed by atoms with Crippen molar-refractivity contribution < 1.29 is 9.53 Å². The lowest BCUT2D eigenvalue weighted by Crippen LogP contribution is -2.38. The van der Waals surface area contributed by atoms with Gasteiger partial charge in [0.25, 0.3) is 0 Å². The first-order valence-corrected chi connectivity index (χ1v) is 8.48. The maximum atomic E-state index is 11.6. The van der Waals surface area contributed by atoms with Gasteiger partial charge in [-0.3, -0.25) is 0 Å². The van der Waals surface area contributed by atoms with Gasteiger partial charge in [0.2, 0.25) is 0 Å². The monoisotopic (exact) mass is 390 g/mol. The topological polar surface area (TPSA) is 50.4 Å². The Kier molecular flexibility index (Phi) is 7.66. The van der Waals surface area contributed by atoms with Crippen LogP contribution in [0.15, 0.2) is 22.7 Å². The fourth-order valence-corrected chi connectivity index (χ4v) is 2.61. The zero-order chi connectivity index (χ0) is 16.8. The second-order valence-electron chi connectivity index (χ2n) is 6.25. The Bertz CT molecular complexity index is 503. The smallest absolute Gasteiger partial charge is 0.407 e. The molecule has 1 rings (SSSR count). The van der Waals surface area contributed by atoms with E-state index in [1.807, 2.05) is 45.9 Å². The van der Waals surface area contributed by atoms with E-state index in [9.17, 15) is 4.79 Å². The summed E-state index contributed by atoms with van der Waals surface area (Å²) >= 11 is 9.40. The Labute approximate surface area is 146 Å². The number of nitrogens with one attached hydrogen (secondary N) is 2. The minimum absolute atomic E-state index is 0.0519. The zero-order valence-corrected chi connectivity index (χ0v) is 15.8. The molecule has 0 aromatic heterocycles. The van der Waals surface area contributed by atoms with Crippen LogP contribution in [0.3, 0.4) is 0 Å². The molecule has 1 aromatic carbocycles. The van der Waals surface area contributed by atoms with Crippen LogP contribution in [-0.4, -0.2) is 24.3 Å². The molecule has 1 aromatic rings. The molecule has 0 spiro atoms. The van der Waals surface area contributed by atoms with Crippen molar-refractivity contribution in [3.05, 3.63) is 33.3 Å². The van der Waals surface area contributed by atoms with Crippen LogP contribution in [0, 0.1) is 0 Å². The molecular formula is C16H24BrClN2O2. The molecule has 0 heterocycles. The molecule has 0 aliphatic rings. The van der Waals surface area contributed by atoms with Crippen LogP contribution in [-0.2, 0) is 11.3 Å². The van der Waals surface area contributed by atoms with E-state index in [1.54, 1.807) is 0 Å². The Hall–Kier alpha value is -0.780. The lowest BCUT2D eigenvalue weighted by molar-refractivity contribution is 0.0506. The molecule has 1 unspecified atom stereocenters. The third kappa shape index (κ3) is 8.01. The average molecular weight is 392 g/mol. The van der Waals surface area contributed by atoms with Crippen molar-refractivity contribution in [2.24, 2.45) is 0 Å². The number of rotatable bonds is 6. The Balaban J connectivity index is 2.25. The number of ether oxygens (including phenoxy) is 1. The Morgan fingerprint density at radius 3 is 2.68 bits per heavy atom. The Morgan fingerprint density at radius 2 is 2.09 bits per heavy atom. The summed E-state index contributed by atoms with van der Waals surface area (Å²) in [7, 11) is 0. The third-order valence-corrected chi connectivity index (χ3v) is 3.82. The number of carbonyl (C=O) groups excluding carboxylic acids is 1. The SMILES string of the molecule is CC(CCNCc1ccc(Cl)cc1Br)NC(=O)OC(C)(C)C. The molecule has 2 N–H and O–H groups in total. The first-order chi connectivity index (χ1) is 10.2. The van der Waals surface area contributed by atoms with Crippen molar-refractivity contribution in [1.82, 2.24) is 10.6 Å². The number of hydrogen-bond donors (Lipinski definition) is 2. The van der Waals surface area contributed by atoms with E-state index in [1.165, 1.54) is 0 Å². The van der Waals surface area contributed by atoms with Crippen molar-refractivity contribution in [3.8, 4) is 0 Å². The minimum Gasteiger partial charge on any atom is -0.444 e. The maximum absolute atomic E-state index is 11.6. The fraction of sp³-hybridized carbons (Fsp3) is 0.562. The number of halogens is 2. The highest BCUT2D eigenvalue weighted by molar-refractivity contribution is 9.10. The predicted octanol–water partition coefficient (Wildman–Crippen LogP) is 4.50. The van der Waals surface area contributed by atoms with Crippen molar-refractivity contribution in [2.75, 3.05) is 6.54 Å². The highest BCUT2D eigenvalue weighted by atomic mass is 79.9. The number of alkyl carbamates (subject to hydrolysis) is 1. The third-order valence-electron chi connectivity index (χ3n) is 2.85. The van der Waals surface area contributed by atoms with E-state index in [0.717, 1.165) is 29.5 Å². The Morgan fingerprint density at radius 1 is 1.41 bits per heavy atom. The van der Waals surface area contributed by atoms with Crippen LogP contribution < -0.4 is 10.6 Å². The van der Waals surface area contributed by atoms with E-state index in [0.29, 0.717) is 5.02 Å². The molecule has 1 amide bonds. The lowest BCUT2D eigenvalue weighted by atomic mass is 10.2. The van der Waals surface area contributed by atoms with Gasteiger partial charge in [-0.25, -0.2) is 4.79 Å². The number of benzene rings is 1. The summed E-state index contributed by atoms with van der Waals surface area (Å²) < 4.78 is 6.21. The molecule has 0 bridgehead atoms. The summed E-state index contributed by atoms with van der Waals surface area (Å²) in [5, 5.41) is 6.89. The van der Waals surface area contributed by atoms with Gasteiger partial charge in [-0.2, -0.15) is 0 Å². The molecule has 0 saturated heterocycles. The van der Waals surface area contributed by atoms with Crippen LogP contribution in [0.25, 0.3) is 0 Å². The summed E-state index contributed by atoms with van der Waals surface area (Å²) in [6, 6.07) is 5.79. The molecule has 0 aliphatic heterocycles. The normalized spacial score (nSPS) is 12.8. The van der Waals surface area contributed by atoms with Gasteiger partial charge < -0.3 is 15.4 Å². The van der Waals surface area contributed by atoms with Gasteiger partial charge in [0.05, 0.1) is 0 Å². The molecule has 124 valence electrons. The summed E-state index contributed by atoms with van der Waals surface area (Å²) in [5.74, 6) is 0. The summed E-state index contributed by atoms with van der Waals surface area (Å²) in [6.07, 6.45) is 0.449. The van der Waals surface area contributed by atoms with Crippen molar-refractivity contribution in [3.63, 3.8) is 0 Å². The van der Waals surface area contributed by atoms with Gasteiger partial charge in [0, 0.05) is 22.1 Å². The van der Waals surface area contributed by atoms with Crippen molar-refractivity contribution in [2.45, 2.75) is 52.3 Å². The maximum Gasteiger partial charge on any atom is 0.407 e. The largest absolute Gasteiger partial charge is 0.444 e. The molecule has 0 saturated carbocycles. The highest BCUT2D eigenvalue weighted by Crippen LogP contribution is 2.21. The standard InChI is InChI=1S/C16H24BrClN2O2/c1-11(20-15(21)22-16(2,3)4)7-8-19-10-12-5-6-13(18)9-14(12)17/h5-6,9,11,19H,7-8,10H2,1-4H3,(H,20,21). The summed E-state index contributed by atoms with van der Waals surface area (Å²) in [4.78, 5) is 11.6. The number of carbonyl (C=O) groups is 1. The van der Waals surface area contributed by atoms with Crippen LogP contribution >= 0.6 is 27.5 Å². The van der Waals surface area contributed by atoms with Gasteiger partial charge in [-0.05, 0) is 58.4 Å². The van der Waals surface area contributed by atoms with Gasteiger partial charge in [0.15, 0.2) is 0 Å². The second kappa shape index (κ2) is 8.75. The molecular weight excluding hydrogens is 368 g/mol. The van der Waals surface area contributed by atoms with Crippen molar-refractivity contribution >= 4 is 33.6 Å². The van der Waals surface area contributed by atoms with Crippen molar-refractivity contribution in [1.29, 1.82) is 0 Å². The quantitative estimate of drug-likeness (QED) is 0.702. The van der Waals surface area contributed by atoms with E-state index in [-0.39, 0.29) is 12.1 Å². The van der Waals surface area contributed by atoms with E-state index < -0.39 is 5.60 Å². The van der Waals surface area contributed by atoms with Crippen LogP contribution in [0.1, 0.15) is 39.7 Å². The average Bonchev–Trinajstić information content (AvgIpc) is 2.34. The van der Waals surface area contributed by atoms with E-state index >= 15 is 0 Å². The zero-order valence-electron chi connectivity index (χ0n) is 13.5. The summed E-state index contributed by atoms with van der Waals surface area (Å²) in [5.41, 5.74) is 0.681. The first kappa shape index (κ1) is 19.3. The van der Waals surface area contributed by atoms with Crippen LogP contribution in [0.2, 0.25) is 5.02 Å². The first-order valence-electron chi connectivity index (χ1n) is 7.31. The number of amides is 1. The van der Waals surface area contributed by atoms with Gasteiger partial charge >= 0.3 is 6.09 Å². The van der Waals surface area contributed by atoms with Crippen LogP contribution in [0.4, 0.5) is 4.79 Å². The number of hydrogen-bond acceptors (Lipinski definition) is 3. The lowest BCUT2D eigenvalue weighted by Gasteiger charge is -2.22. The molecule has 4 nitrogen and oxygen atoms in total.